The van der Waals surface area contributed by atoms with Crippen molar-refractivity contribution < 1.29 is 23.8 Å². The quantitative estimate of drug-likeness (QED) is 0.591. The summed E-state index contributed by atoms with van der Waals surface area (Å²) in [5, 5.41) is 12.3. The third-order valence-corrected chi connectivity index (χ3v) is 4.12. The van der Waals surface area contributed by atoms with Gasteiger partial charge in [-0.05, 0) is 53.6 Å². The number of nitrogens with one attached hydrogen (secondary N) is 1. The van der Waals surface area contributed by atoms with Gasteiger partial charge in [0.1, 0.15) is 12.4 Å². The Kier molecular flexibility index (Phi) is 6.11. The number of carbonyl (C=O) groups is 1. The number of hydrogen-bond acceptors (Lipinski definition) is 4. The Morgan fingerprint density at radius 2 is 1.82 bits per heavy atom. The van der Waals surface area contributed by atoms with Crippen molar-refractivity contribution in [1.82, 2.24) is 0 Å². The van der Waals surface area contributed by atoms with Crippen molar-refractivity contribution in [3.05, 3.63) is 89.2 Å². The maximum atomic E-state index is 13.3. The average Bonchev–Trinajstić information content (AvgIpc) is 2.71. The SMILES string of the molecule is COc1cc(CNc2cccc(C(=O)O)c2)ccc1OCc1cccc(F)c1. The number of benzene rings is 3. The average molecular weight is 381 g/mol. The van der Waals surface area contributed by atoms with Crippen LogP contribution in [-0.2, 0) is 13.2 Å². The van der Waals surface area contributed by atoms with Crippen molar-refractivity contribution in [1.29, 1.82) is 0 Å². The first-order valence-corrected chi connectivity index (χ1v) is 8.66. The van der Waals surface area contributed by atoms with E-state index in [2.05, 4.69) is 5.32 Å². The summed E-state index contributed by atoms with van der Waals surface area (Å²) in [6.07, 6.45) is 0. The van der Waals surface area contributed by atoms with Gasteiger partial charge in [-0.15, -0.1) is 0 Å². The fourth-order valence-electron chi connectivity index (χ4n) is 2.70. The number of aromatic carboxylic acids is 1. The summed E-state index contributed by atoms with van der Waals surface area (Å²) in [5.74, 6) is -0.148. The molecule has 0 unspecified atom stereocenters. The molecule has 3 rings (SSSR count). The zero-order valence-corrected chi connectivity index (χ0v) is 15.3. The van der Waals surface area contributed by atoms with Crippen LogP contribution in [-0.4, -0.2) is 18.2 Å². The predicted octanol–water partition coefficient (Wildman–Crippen LogP) is 4.72. The van der Waals surface area contributed by atoms with E-state index >= 15 is 0 Å². The molecule has 0 fully saturated rings. The largest absolute Gasteiger partial charge is 0.493 e. The lowest BCUT2D eigenvalue weighted by atomic mass is 10.1. The molecule has 144 valence electrons. The highest BCUT2D eigenvalue weighted by Crippen LogP contribution is 2.29. The molecule has 3 aromatic rings. The van der Waals surface area contributed by atoms with Crippen molar-refractivity contribution in [2.24, 2.45) is 0 Å². The number of carboxylic acids is 1. The Labute approximate surface area is 162 Å². The van der Waals surface area contributed by atoms with Crippen LogP contribution >= 0.6 is 0 Å². The van der Waals surface area contributed by atoms with Crippen LogP contribution < -0.4 is 14.8 Å². The highest BCUT2D eigenvalue weighted by Gasteiger charge is 2.08. The molecule has 5 nitrogen and oxygen atoms in total. The van der Waals surface area contributed by atoms with Gasteiger partial charge in [-0.2, -0.15) is 0 Å². The molecule has 0 bridgehead atoms. The van der Waals surface area contributed by atoms with Crippen molar-refractivity contribution in [3.63, 3.8) is 0 Å². The van der Waals surface area contributed by atoms with Gasteiger partial charge < -0.3 is 19.9 Å². The molecule has 2 N–H and O–H groups in total. The number of anilines is 1. The van der Waals surface area contributed by atoms with Gasteiger partial charge in [0.15, 0.2) is 11.5 Å². The second-order valence-corrected chi connectivity index (χ2v) is 6.14. The van der Waals surface area contributed by atoms with Crippen LogP contribution in [0.3, 0.4) is 0 Å². The minimum atomic E-state index is -0.967. The zero-order valence-electron chi connectivity index (χ0n) is 15.3. The van der Waals surface area contributed by atoms with E-state index in [1.807, 2.05) is 12.1 Å². The van der Waals surface area contributed by atoms with Gasteiger partial charge in [0.2, 0.25) is 0 Å². The molecule has 0 aliphatic carbocycles. The molecule has 0 spiro atoms. The summed E-state index contributed by atoms with van der Waals surface area (Å²) >= 11 is 0. The maximum Gasteiger partial charge on any atom is 0.335 e. The van der Waals surface area contributed by atoms with E-state index in [0.29, 0.717) is 23.7 Å². The van der Waals surface area contributed by atoms with Gasteiger partial charge in [0.05, 0.1) is 12.7 Å². The summed E-state index contributed by atoms with van der Waals surface area (Å²) in [7, 11) is 1.55. The maximum absolute atomic E-state index is 13.3. The molecule has 0 aliphatic heterocycles. The Morgan fingerprint density at radius 1 is 1.00 bits per heavy atom. The van der Waals surface area contributed by atoms with E-state index in [0.717, 1.165) is 11.1 Å². The summed E-state index contributed by atoms with van der Waals surface area (Å²) in [6.45, 7) is 0.720. The normalized spacial score (nSPS) is 10.4. The van der Waals surface area contributed by atoms with Crippen molar-refractivity contribution in [2.75, 3.05) is 12.4 Å². The smallest absolute Gasteiger partial charge is 0.335 e. The summed E-state index contributed by atoms with van der Waals surface area (Å²) < 4.78 is 24.4. The predicted molar refractivity (Wildman–Crippen MR) is 104 cm³/mol. The van der Waals surface area contributed by atoms with Gasteiger partial charge in [-0.3, -0.25) is 0 Å². The molecule has 0 aromatic heterocycles. The standard InChI is InChI=1S/C22H20FNO4/c1-27-21-11-15(13-24-19-7-3-5-17(12-19)22(25)26)8-9-20(21)28-14-16-4-2-6-18(23)10-16/h2-12,24H,13-14H2,1H3,(H,25,26). The fourth-order valence-corrected chi connectivity index (χ4v) is 2.70. The molecule has 0 heterocycles. The second-order valence-electron chi connectivity index (χ2n) is 6.14. The van der Waals surface area contributed by atoms with Crippen LogP contribution in [0.2, 0.25) is 0 Å². The molecule has 6 heteroatoms. The number of carboxylic acid groups (broad SMARTS) is 1. The van der Waals surface area contributed by atoms with Crippen molar-refractivity contribution in [2.45, 2.75) is 13.2 Å². The lowest BCUT2D eigenvalue weighted by Gasteiger charge is -2.13. The third kappa shape index (κ3) is 5.01. The van der Waals surface area contributed by atoms with Gasteiger partial charge in [-0.25, -0.2) is 9.18 Å². The molecule has 0 aliphatic rings. The molecular formula is C22H20FNO4. The highest BCUT2D eigenvalue weighted by molar-refractivity contribution is 5.88. The second kappa shape index (κ2) is 8.90. The molecule has 0 radical (unpaired) electrons. The number of hydrogen-bond donors (Lipinski definition) is 2. The fraction of sp³-hybridized carbons (Fsp3) is 0.136. The molecule has 0 amide bonds. The Balaban J connectivity index is 1.65. The van der Waals surface area contributed by atoms with Crippen LogP contribution in [0.1, 0.15) is 21.5 Å². The van der Waals surface area contributed by atoms with E-state index < -0.39 is 5.97 Å². The van der Waals surface area contributed by atoms with Gasteiger partial charge in [0.25, 0.3) is 0 Å². The van der Waals surface area contributed by atoms with Crippen molar-refractivity contribution >= 4 is 11.7 Å². The lowest BCUT2D eigenvalue weighted by molar-refractivity contribution is 0.0697. The number of halogens is 1. The number of ether oxygens (including phenoxy) is 2. The Morgan fingerprint density at radius 3 is 2.57 bits per heavy atom. The van der Waals surface area contributed by atoms with Gasteiger partial charge >= 0.3 is 5.97 Å². The topological polar surface area (TPSA) is 67.8 Å². The van der Waals surface area contributed by atoms with E-state index in [9.17, 15) is 9.18 Å². The number of rotatable bonds is 8. The highest BCUT2D eigenvalue weighted by atomic mass is 19.1. The Hall–Kier alpha value is -3.54. The first-order valence-electron chi connectivity index (χ1n) is 8.66. The monoisotopic (exact) mass is 381 g/mol. The first-order chi connectivity index (χ1) is 13.5. The molecule has 0 atom stereocenters. The lowest BCUT2D eigenvalue weighted by Crippen LogP contribution is -2.03. The van der Waals surface area contributed by atoms with Crippen molar-refractivity contribution in [3.8, 4) is 11.5 Å². The molecular weight excluding hydrogens is 361 g/mol. The zero-order chi connectivity index (χ0) is 19.9. The molecule has 0 saturated heterocycles. The van der Waals surface area contributed by atoms with Gasteiger partial charge in [0, 0.05) is 12.2 Å². The van der Waals surface area contributed by atoms with E-state index in [1.165, 1.54) is 12.1 Å². The van der Waals surface area contributed by atoms with Crippen LogP contribution in [0, 0.1) is 5.82 Å². The van der Waals surface area contributed by atoms with E-state index in [-0.39, 0.29) is 18.0 Å². The third-order valence-electron chi connectivity index (χ3n) is 4.12. The van der Waals surface area contributed by atoms with Crippen LogP contribution in [0.5, 0.6) is 11.5 Å². The summed E-state index contributed by atoms with van der Waals surface area (Å²) in [5.41, 5.74) is 2.61. The van der Waals surface area contributed by atoms with Gasteiger partial charge in [-0.1, -0.05) is 24.3 Å². The van der Waals surface area contributed by atoms with E-state index in [1.54, 1.807) is 49.6 Å². The van der Waals surface area contributed by atoms with Crippen LogP contribution in [0.25, 0.3) is 0 Å². The minimum absolute atomic E-state index is 0.226. The molecule has 28 heavy (non-hydrogen) atoms. The van der Waals surface area contributed by atoms with Crippen LogP contribution in [0.15, 0.2) is 66.7 Å². The molecule has 3 aromatic carbocycles. The molecule has 0 saturated carbocycles. The number of methoxy groups -OCH3 is 1. The summed E-state index contributed by atoms with van der Waals surface area (Å²) in [4.78, 5) is 11.1. The minimum Gasteiger partial charge on any atom is -0.493 e. The first kappa shape index (κ1) is 19.2. The summed E-state index contributed by atoms with van der Waals surface area (Å²) in [6, 6.07) is 18.4. The van der Waals surface area contributed by atoms with E-state index in [4.69, 9.17) is 14.6 Å². The Bertz CT molecular complexity index is 974. The van der Waals surface area contributed by atoms with Crippen LogP contribution in [0.4, 0.5) is 10.1 Å².